The van der Waals surface area contributed by atoms with E-state index in [9.17, 15) is 13.2 Å². The van der Waals surface area contributed by atoms with Crippen molar-refractivity contribution in [2.45, 2.75) is 20.3 Å². The van der Waals surface area contributed by atoms with Crippen molar-refractivity contribution in [1.29, 1.82) is 0 Å². The van der Waals surface area contributed by atoms with Gasteiger partial charge in [0.2, 0.25) is 15.9 Å². The number of hydrogen-bond donors (Lipinski definition) is 1. The molecule has 1 N–H and O–H groups in total. The first-order valence-electron chi connectivity index (χ1n) is 8.19. The Morgan fingerprint density at radius 3 is 2.46 bits per heavy atom. The average Bonchev–Trinajstić information content (AvgIpc) is 2.57. The van der Waals surface area contributed by atoms with Crippen LogP contribution in [0.15, 0.2) is 42.5 Å². The average molecular weight is 376 g/mol. The van der Waals surface area contributed by atoms with Gasteiger partial charge in [0.15, 0.2) is 0 Å². The molecule has 0 fully saturated rings. The van der Waals surface area contributed by atoms with Gasteiger partial charge in [0.25, 0.3) is 0 Å². The van der Waals surface area contributed by atoms with Crippen molar-refractivity contribution in [3.63, 3.8) is 0 Å². The molecule has 0 unspecified atom stereocenters. The molecule has 0 aliphatic rings. The lowest BCUT2D eigenvalue weighted by Gasteiger charge is -2.22. The molecule has 0 saturated heterocycles. The summed E-state index contributed by atoms with van der Waals surface area (Å²) in [5.41, 5.74) is 3.39. The van der Waals surface area contributed by atoms with Gasteiger partial charge in [0.05, 0.1) is 19.1 Å². The molecule has 0 heterocycles. The van der Waals surface area contributed by atoms with Crippen LogP contribution in [0.3, 0.4) is 0 Å². The van der Waals surface area contributed by atoms with Crippen LogP contribution in [0, 0.1) is 13.8 Å². The van der Waals surface area contributed by atoms with Crippen LogP contribution >= 0.6 is 0 Å². The molecule has 0 saturated carbocycles. The summed E-state index contributed by atoms with van der Waals surface area (Å²) < 4.78 is 30.6. The van der Waals surface area contributed by atoms with E-state index in [-0.39, 0.29) is 18.9 Å². The molecule has 0 spiro atoms. The SMILES string of the molecule is COc1cccc(N(CCC(=O)Nc2ccc(C)c(C)c2)S(C)(=O)=O)c1. The van der Waals surface area contributed by atoms with Crippen molar-refractivity contribution in [1.82, 2.24) is 0 Å². The zero-order chi connectivity index (χ0) is 19.3. The van der Waals surface area contributed by atoms with E-state index >= 15 is 0 Å². The van der Waals surface area contributed by atoms with Crippen LogP contribution in [-0.4, -0.2) is 34.2 Å². The molecule has 2 aromatic rings. The molecule has 6 nitrogen and oxygen atoms in total. The zero-order valence-corrected chi connectivity index (χ0v) is 16.3. The highest BCUT2D eigenvalue weighted by molar-refractivity contribution is 7.92. The number of anilines is 2. The van der Waals surface area contributed by atoms with Gasteiger partial charge in [0.1, 0.15) is 5.75 Å². The Morgan fingerprint density at radius 1 is 1.12 bits per heavy atom. The van der Waals surface area contributed by atoms with E-state index in [0.29, 0.717) is 17.1 Å². The van der Waals surface area contributed by atoms with Gasteiger partial charge in [-0.15, -0.1) is 0 Å². The highest BCUT2D eigenvalue weighted by Crippen LogP contribution is 2.23. The van der Waals surface area contributed by atoms with Gasteiger partial charge in [0, 0.05) is 24.7 Å². The fourth-order valence-electron chi connectivity index (χ4n) is 2.50. The zero-order valence-electron chi connectivity index (χ0n) is 15.4. The Balaban J connectivity index is 2.09. The number of aryl methyl sites for hydroxylation is 2. The van der Waals surface area contributed by atoms with Crippen LogP contribution in [0.1, 0.15) is 17.5 Å². The highest BCUT2D eigenvalue weighted by atomic mass is 32.2. The van der Waals surface area contributed by atoms with Crippen molar-refractivity contribution >= 4 is 27.3 Å². The van der Waals surface area contributed by atoms with E-state index < -0.39 is 10.0 Å². The second kappa shape index (κ2) is 8.23. The molecule has 0 aliphatic heterocycles. The molecule has 2 rings (SSSR count). The maximum absolute atomic E-state index is 12.2. The topological polar surface area (TPSA) is 75.7 Å². The molecular formula is C19H24N2O4S. The predicted octanol–water partition coefficient (Wildman–Crippen LogP) is 3.11. The maximum atomic E-state index is 12.2. The summed E-state index contributed by atoms with van der Waals surface area (Å²) in [5.74, 6) is 0.306. The van der Waals surface area contributed by atoms with Crippen LogP contribution in [0.25, 0.3) is 0 Å². The predicted molar refractivity (Wildman–Crippen MR) is 104 cm³/mol. The smallest absolute Gasteiger partial charge is 0.232 e. The number of benzene rings is 2. The monoisotopic (exact) mass is 376 g/mol. The van der Waals surface area contributed by atoms with E-state index in [1.807, 2.05) is 32.0 Å². The molecule has 140 valence electrons. The van der Waals surface area contributed by atoms with Crippen molar-refractivity contribution in [2.24, 2.45) is 0 Å². The van der Waals surface area contributed by atoms with Gasteiger partial charge in [-0.2, -0.15) is 0 Å². The molecule has 1 amide bonds. The van der Waals surface area contributed by atoms with Gasteiger partial charge in [-0.3, -0.25) is 9.10 Å². The van der Waals surface area contributed by atoms with E-state index in [1.54, 1.807) is 24.3 Å². The number of rotatable bonds is 7. The first-order chi connectivity index (χ1) is 12.2. The number of hydrogen-bond acceptors (Lipinski definition) is 4. The van der Waals surface area contributed by atoms with Crippen molar-refractivity contribution < 1.29 is 17.9 Å². The lowest BCUT2D eigenvalue weighted by molar-refractivity contribution is -0.116. The van der Waals surface area contributed by atoms with Crippen molar-refractivity contribution in [3.05, 3.63) is 53.6 Å². The number of ether oxygens (including phenoxy) is 1. The summed E-state index contributed by atoms with van der Waals surface area (Å²) in [5, 5.41) is 2.81. The Morgan fingerprint density at radius 2 is 1.85 bits per heavy atom. The molecule has 0 aromatic heterocycles. The molecule has 0 aliphatic carbocycles. The third kappa shape index (κ3) is 5.23. The fraction of sp³-hybridized carbons (Fsp3) is 0.316. The molecule has 2 aromatic carbocycles. The third-order valence-corrected chi connectivity index (χ3v) is 5.27. The van der Waals surface area contributed by atoms with Crippen molar-refractivity contribution in [2.75, 3.05) is 29.5 Å². The molecule has 26 heavy (non-hydrogen) atoms. The highest BCUT2D eigenvalue weighted by Gasteiger charge is 2.19. The van der Waals surface area contributed by atoms with Gasteiger partial charge in [-0.25, -0.2) is 8.42 Å². The Kier molecular flexibility index (Phi) is 6.26. The summed E-state index contributed by atoms with van der Waals surface area (Å²) in [7, 11) is -2.01. The Bertz CT molecular complexity index is 894. The summed E-state index contributed by atoms with van der Waals surface area (Å²) >= 11 is 0. The van der Waals surface area contributed by atoms with Crippen LogP contribution in [0.2, 0.25) is 0 Å². The number of carbonyl (C=O) groups is 1. The number of nitrogens with one attached hydrogen (secondary N) is 1. The minimum absolute atomic E-state index is 0.0389. The lowest BCUT2D eigenvalue weighted by atomic mass is 10.1. The Hall–Kier alpha value is -2.54. The molecule has 0 radical (unpaired) electrons. The van der Waals surface area contributed by atoms with Gasteiger partial charge in [-0.05, 0) is 49.2 Å². The second-order valence-corrected chi connectivity index (χ2v) is 8.04. The molecular weight excluding hydrogens is 352 g/mol. The summed E-state index contributed by atoms with van der Waals surface area (Å²) in [6.07, 6.45) is 1.16. The standard InChI is InChI=1S/C19H24N2O4S/c1-14-8-9-16(12-15(14)2)20-19(22)10-11-21(26(4,23)24)17-6-5-7-18(13-17)25-3/h5-9,12-13H,10-11H2,1-4H3,(H,20,22). The van der Waals surface area contributed by atoms with Gasteiger partial charge in [-0.1, -0.05) is 12.1 Å². The van der Waals surface area contributed by atoms with Gasteiger partial charge >= 0.3 is 0 Å². The maximum Gasteiger partial charge on any atom is 0.232 e. The molecule has 0 bridgehead atoms. The minimum atomic E-state index is -3.53. The number of amides is 1. The lowest BCUT2D eigenvalue weighted by Crippen LogP contribution is -2.33. The first kappa shape index (κ1) is 19.8. The minimum Gasteiger partial charge on any atom is -0.497 e. The van der Waals surface area contributed by atoms with Crippen LogP contribution in [0.4, 0.5) is 11.4 Å². The largest absolute Gasteiger partial charge is 0.497 e. The molecule has 7 heteroatoms. The number of carbonyl (C=O) groups excluding carboxylic acids is 1. The third-order valence-electron chi connectivity index (χ3n) is 4.07. The first-order valence-corrected chi connectivity index (χ1v) is 10.0. The number of sulfonamides is 1. The van der Waals surface area contributed by atoms with E-state index in [4.69, 9.17) is 4.74 Å². The van der Waals surface area contributed by atoms with E-state index in [2.05, 4.69) is 5.32 Å². The number of nitrogens with zero attached hydrogens (tertiary/aromatic N) is 1. The van der Waals surface area contributed by atoms with Gasteiger partial charge < -0.3 is 10.1 Å². The Labute approximate surface area is 154 Å². The quantitative estimate of drug-likeness (QED) is 0.806. The van der Waals surface area contributed by atoms with Crippen LogP contribution in [0.5, 0.6) is 5.75 Å². The summed E-state index contributed by atoms with van der Waals surface area (Å²) in [6, 6.07) is 12.4. The normalized spacial score (nSPS) is 11.1. The summed E-state index contributed by atoms with van der Waals surface area (Å²) in [6.45, 7) is 4.01. The number of methoxy groups -OCH3 is 1. The fourth-order valence-corrected chi connectivity index (χ4v) is 3.42. The molecule has 0 atom stereocenters. The van der Waals surface area contributed by atoms with Crippen LogP contribution in [-0.2, 0) is 14.8 Å². The van der Waals surface area contributed by atoms with Crippen LogP contribution < -0.4 is 14.4 Å². The van der Waals surface area contributed by atoms with E-state index in [0.717, 1.165) is 17.4 Å². The van der Waals surface area contributed by atoms with E-state index in [1.165, 1.54) is 11.4 Å². The second-order valence-electron chi connectivity index (χ2n) is 6.13. The summed E-state index contributed by atoms with van der Waals surface area (Å²) in [4.78, 5) is 12.2. The van der Waals surface area contributed by atoms with Crippen molar-refractivity contribution in [3.8, 4) is 5.75 Å².